The molecule has 0 aliphatic carbocycles. The van der Waals surface area contributed by atoms with Crippen LogP contribution in [0.1, 0.15) is 31.4 Å². The van der Waals surface area contributed by atoms with Crippen molar-refractivity contribution in [2.75, 3.05) is 10.8 Å². The molecule has 0 unspecified atom stereocenters. The Morgan fingerprint density at radius 3 is 2.02 bits per heavy atom. The lowest BCUT2D eigenvalue weighted by Gasteiger charge is -2.34. The summed E-state index contributed by atoms with van der Waals surface area (Å²) < 4.78 is 29.1. The van der Waals surface area contributed by atoms with Gasteiger partial charge in [-0.15, -0.1) is 0 Å². The van der Waals surface area contributed by atoms with Crippen molar-refractivity contribution in [1.29, 1.82) is 0 Å². The van der Waals surface area contributed by atoms with Gasteiger partial charge in [-0.3, -0.25) is 13.9 Å². The Morgan fingerprint density at radius 1 is 0.800 bits per heavy atom. The van der Waals surface area contributed by atoms with Crippen LogP contribution in [0.15, 0.2) is 108 Å². The molecule has 0 saturated carbocycles. The van der Waals surface area contributed by atoms with E-state index in [9.17, 15) is 18.0 Å². The Kier molecular flexibility index (Phi) is 11.9. The number of halogens is 3. The van der Waals surface area contributed by atoms with Crippen LogP contribution in [-0.4, -0.2) is 43.8 Å². The van der Waals surface area contributed by atoms with Crippen LogP contribution in [0.4, 0.5) is 5.69 Å². The van der Waals surface area contributed by atoms with Crippen molar-refractivity contribution in [1.82, 2.24) is 10.2 Å². The summed E-state index contributed by atoms with van der Waals surface area (Å²) in [7, 11) is -4.22. The van der Waals surface area contributed by atoms with E-state index < -0.39 is 28.5 Å². The van der Waals surface area contributed by atoms with E-state index in [2.05, 4.69) is 5.32 Å². The van der Waals surface area contributed by atoms with E-state index >= 15 is 0 Å². The molecule has 0 bridgehead atoms. The maximum Gasteiger partial charge on any atom is 0.264 e. The summed E-state index contributed by atoms with van der Waals surface area (Å²) in [6, 6.07) is 27.3. The smallest absolute Gasteiger partial charge is 0.264 e. The Hall–Kier alpha value is -3.56. The third-order valence-electron chi connectivity index (χ3n) is 7.33. The zero-order valence-corrected chi connectivity index (χ0v) is 28.0. The quantitative estimate of drug-likeness (QED) is 0.159. The monoisotopic (exact) mass is 685 g/mol. The summed E-state index contributed by atoms with van der Waals surface area (Å²) in [5.74, 6) is -0.934. The first-order chi connectivity index (χ1) is 21.5. The number of anilines is 1. The van der Waals surface area contributed by atoms with Crippen LogP contribution in [0, 0.1) is 0 Å². The molecule has 0 aromatic heterocycles. The second-order valence-electron chi connectivity index (χ2n) is 10.6. The number of sulfonamides is 1. The molecule has 7 nitrogen and oxygen atoms in total. The average molecular weight is 687 g/mol. The van der Waals surface area contributed by atoms with Crippen LogP contribution < -0.4 is 9.62 Å². The SMILES string of the molecule is CC[C@@H](C)NC(=O)[C@@H](Cc1ccccc1)N(Cc1ccc(Cl)c(Cl)c1)C(=O)CN(c1ccccc1)S(=O)(=O)c1ccc(Cl)cc1. The van der Waals surface area contributed by atoms with Gasteiger partial charge >= 0.3 is 0 Å². The number of rotatable bonds is 13. The minimum absolute atomic E-state index is 0.0230. The minimum Gasteiger partial charge on any atom is -0.352 e. The number of hydrogen-bond donors (Lipinski definition) is 1. The molecule has 236 valence electrons. The van der Waals surface area contributed by atoms with Gasteiger partial charge in [-0.05, 0) is 73.0 Å². The highest BCUT2D eigenvalue weighted by molar-refractivity contribution is 7.92. The molecule has 0 spiro atoms. The summed E-state index contributed by atoms with van der Waals surface area (Å²) in [5.41, 5.74) is 1.75. The third-order valence-corrected chi connectivity index (χ3v) is 10.1. The summed E-state index contributed by atoms with van der Waals surface area (Å²) in [4.78, 5) is 29.7. The molecule has 4 rings (SSSR count). The first-order valence-electron chi connectivity index (χ1n) is 14.4. The van der Waals surface area contributed by atoms with Crippen LogP contribution in [0.25, 0.3) is 0 Å². The van der Waals surface area contributed by atoms with Gasteiger partial charge in [0.2, 0.25) is 11.8 Å². The van der Waals surface area contributed by atoms with Crippen LogP contribution >= 0.6 is 34.8 Å². The summed E-state index contributed by atoms with van der Waals surface area (Å²) in [5, 5.41) is 4.03. The van der Waals surface area contributed by atoms with Gasteiger partial charge < -0.3 is 10.2 Å². The normalized spacial score (nSPS) is 12.6. The topological polar surface area (TPSA) is 86.8 Å². The molecule has 4 aromatic carbocycles. The molecule has 4 aromatic rings. The molecular weight excluding hydrogens is 653 g/mol. The van der Waals surface area contributed by atoms with E-state index in [1.54, 1.807) is 48.5 Å². The number of para-hydroxylation sites is 1. The molecule has 0 aliphatic rings. The van der Waals surface area contributed by atoms with Crippen molar-refractivity contribution in [3.63, 3.8) is 0 Å². The standard InChI is InChI=1S/C34H34Cl3N3O4S/c1-3-24(2)38-34(42)32(21-25-10-6-4-7-11-25)39(22-26-14-19-30(36)31(37)20-26)33(41)23-40(28-12-8-5-9-13-28)45(43,44)29-17-15-27(35)16-18-29/h4-20,24,32H,3,21-23H2,1-2H3,(H,38,42)/t24-,32-/m1/s1. The maximum atomic E-state index is 14.5. The van der Waals surface area contributed by atoms with Crippen molar-refractivity contribution in [2.45, 2.75) is 50.2 Å². The zero-order valence-electron chi connectivity index (χ0n) is 24.9. The van der Waals surface area contributed by atoms with Crippen molar-refractivity contribution >= 4 is 62.3 Å². The summed E-state index contributed by atoms with van der Waals surface area (Å²) in [6.45, 7) is 3.25. The number of nitrogens with one attached hydrogen (secondary N) is 1. The van der Waals surface area contributed by atoms with Crippen LogP contribution in [0.2, 0.25) is 15.1 Å². The van der Waals surface area contributed by atoms with Crippen molar-refractivity contribution in [3.05, 3.63) is 129 Å². The van der Waals surface area contributed by atoms with Crippen LogP contribution in [0.3, 0.4) is 0 Å². The third kappa shape index (κ3) is 9.01. The fourth-order valence-electron chi connectivity index (χ4n) is 4.69. The van der Waals surface area contributed by atoms with Crippen molar-refractivity contribution in [2.24, 2.45) is 0 Å². The Labute approximate surface area is 279 Å². The van der Waals surface area contributed by atoms with E-state index in [1.165, 1.54) is 29.2 Å². The molecule has 11 heteroatoms. The molecular formula is C34H34Cl3N3O4S. The second-order valence-corrected chi connectivity index (χ2v) is 13.7. The fourth-order valence-corrected chi connectivity index (χ4v) is 6.55. The Morgan fingerprint density at radius 2 is 1.42 bits per heavy atom. The molecule has 0 aliphatic heterocycles. The van der Waals surface area contributed by atoms with E-state index in [0.29, 0.717) is 32.7 Å². The highest BCUT2D eigenvalue weighted by Gasteiger charge is 2.35. The highest BCUT2D eigenvalue weighted by atomic mass is 35.5. The van der Waals surface area contributed by atoms with Gasteiger partial charge in [-0.1, -0.05) is 96.3 Å². The molecule has 0 heterocycles. The predicted octanol–water partition coefficient (Wildman–Crippen LogP) is 7.40. The first-order valence-corrected chi connectivity index (χ1v) is 17.0. The highest BCUT2D eigenvalue weighted by Crippen LogP contribution is 2.27. The predicted molar refractivity (Wildman–Crippen MR) is 181 cm³/mol. The number of amides is 2. The van der Waals surface area contributed by atoms with Gasteiger partial charge in [0.05, 0.1) is 20.6 Å². The minimum atomic E-state index is -4.22. The molecule has 0 fully saturated rings. The second kappa shape index (κ2) is 15.6. The van der Waals surface area contributed by atoms with Gasteiger partial charge in [0.25, 0.3) is 10.0 Å². The lowest BCUT2D eigenvalue weighted by atomic mass is 10.0. The Balaban J connectivity index is 1.80. The van der Waals surface area contributed by atoms with Crippen LogP contribution in [-0.2, 0) is 32.6 Å². The number of hydrogen-bond acceptors (Lipinski definition) is 4. The number of nitrogens with zero attached hydrogens (tertiary/aromatic N) is 2. The van der Waals surface area contributed by atoms with Crippen molar-refractivity contribution < 1.29 is 18.0 Å². The molecule has 45 heavy (non-hydrogen) atoms. The number of carbonyl (C=O) groups is 2. The summed E-state index contributed by atoms with van der Waals surface area (Å²) >= 11 is 18.5. The van der Waals surface area contributed by atoms with Gasteiger partial charge in [0.15, 0.2) is 0 Å². The molecule has 2 atom stereocenters. The van der Waals surface area contributed by atoms with E-state index in [-0.39, 0.29) is 29.8 Å². The maximum absolute atomic E-state index is 14.5. The molecule has 0 saturated heterocycles. The van der Waals surface area contributed by atoms with Gasteiger partial charge in [0.1, 0.15) is 12.6 Å². The first kappa shape index (κ1) is 34.3. The summed E-state index contributed by atoms with van der Waals surface area (Å²) in [6.07, 6.45) is 0.886. The zero-order chi connectivity index (χ0) is 32.6. The van der Waals surface area contributed by atoms with Crippen LogP contribution in [0.5, 0.6) is 0 Å². The van der Waals surface area contributed by atoms with E-state index in [1.807, 2.05) is 44.2 Å². The fraction of sp³-hybridized carbons (Fsp3) is 0.235. The molecule has 0 radical (unpaired) electrons. The van der Waals surface area contributed by atoms with E-state index in [0.717, 1.165) is 9.87 Å². The van der Waals surface area contributed by atoms with Gasteiger partial charge in [-0.2, -0.15) is 0 Å². The lowest BCUT2D eigenvalue weighted by molar-refractivity contribution is -0.140. The lowest BCUT2D eigenvalue weighted by Crippen LogP contribution is -2.54. The average Bonchev–Trinajstić information content (AvgIpc) is 3.04. The van der Waals surface area contributed by atoms with E-state index in [4.69, 9.17) is 34.8 Å². The molecule has 2 amide bonds. The van der Waals surface area contributed by atoms with Gasteiger partial charge in [-0.25, -0.2) is 8.42 Å². The van der Waals surface area contributed by atoms with Gasteiger partial charge in [0, 0.05) is 24.0 Å². The van der Waals surface area contributed by atoms with Crippen molar-refractivity contribution in [3.8, 4) is 0 Å². The molecule has 1 N–H and O–H groups in total. The number of benzene rings is 4. The largest absolute Gasteiger partial charge is 0.352 e. The number of carbonyl (C=O) groups excluding carboxylic acids is 2. The Bertz CT molecular complexity index is 1710.